The molecule has 0 fully saturated rings. The normalized spacial score (nSPS) is 10.8. The van der Waals surface area contributed by atoms with Crippen molar-refractivity contribution in [2.24, 2.45) is 7.05 Å². The fourth-order valence-electron chi connectivity index (χ4n) is 2.38. The lowest BCUT2D eigenvalue weighted by molar-refractivity contribution is 0.355. The second-order valence-corrected chi connectivity index (χ2v) is 4.65. The van der Waals surface area contributed by atoms with Gasteiger partial charge < -0.3 is 19.8 Å². The Labute approximate surface area is 122 Å². The van der Waals surface area contributed by atoms with E-state index in [0.717, 1.165) is 22.4 Å². The second-order valence-electron chi connectivity index (χ2n) is 4.65. The van der Waals surface area contributed by atoms with Gasteiger partial charge in [0.05, 0.1) is 25.9 Å². The topological polar surface area (TPSA) is 75.2 Å². The Hall–Kier alpha value is -2.76. The highest BCUT2D eigenvalue weighted by Crippen LogP contribution is 2.37. The van der Waals surface area contributed by atoms with Gasteiger partial charge in [0.25, 0.3) is 0 Å². The van der Waals surface area contributed by atoms with Crippen molar-refractivity contribution < 1.29 is 9.47 Å². The van der Waals surface area contributed by atoms with Gasteiger partial charge in [-0.3, -0.25) is 4.98 Å². The number of benzene rings is 1. The highest BCUT2D eigenvalue weighted by Gasteiger charge is 2.16. The molecule has 3 rings (SSSR count). The van der Waals surface area contributed by atoms with E-state index in [9.17, 15) is 0 Å². The Morgan fingerprint density at radius 1 is 1.14 bits per heavy atom. The predicted molar refractivity (Wildman–Crippen MR) is 81.5 cm³/mol. The highest BCUT2D eigenvalue weighted by atomic mass is 16.5. The number of rotatable bonds is 3. The summed E-state index contributed by atoms with van der Waals surface area (Å²) in [5.74, 6) is 1.97. The third kappa shape index (κ3) is 2.05. The molecule has 0 atom stereocenters. The number of anilines is 1. The maximum absolute atomic E-state index is 6.14. The SMILES string of the molecule is COc1cc(N)c(-c2nc3cnccc3n2C)cc1OC. The summed E-state index contributed by atoms with van der Waals surface area (Å²) in [5, 5.41) is 0. The van der Waals surface area contributed by atoms with Crippen LogP contribution in [0.5, 0.6) is 11.5 Å². The summed E-state index contributed by atoms with van der Waals surface area (Å²) in [6.45, 7) is 0. The van der Waals surface area contributed by atoms with Crippen LogP contribution in [0.1, 0.15) is 0 Å². The van der Waals surface area contributed by atoms with Crippen LogP contribution in [0.15, 0.2) is 30.6 Å². The van der Waals surface area contributed by atoms with Crippen LogP contribution in [0.2, 0.25) is 0 Å². The smallest absolute Gasteiger partial charge is 0.162 e. The number of imidazole rings is 1. The fourth-order valence-corrected chi connectivity index (χ4v) is 2.38. The zero-order chi connectivity index (χ0) is 15.0. The minimum absolute atomic E-state index is 0.582. The minimum atomic E-state index is 0.582. The molecular formula is C15H16N4O2. The van der Waals surface area contributed by atoms with Gasteiger partial charge in [0.2, 0.25) is 0 Å². The van der Waals surface area contributed by atoms with E-state index in [1.54, 1.807) is 32.7 Å². The molecule has 0 radical (unpaired) electrons. The molecule has 21 heavy (non-hydrogen) atoms. The summed E-state index contributed by atoms with van der Waals surface area (Å²) in [5.41, 5.74) is 9.34. The quantitative estimate of drug-likeness (QED) is 0.746. The molecule has 0 aliphatic rings. The molecule has 108 valence electrons. The molecule has 0 bridgehead atoms. The molecule has 3 aromatic rings. The number of pyridine rings is 1. The standard InChI is InChI=1S/C15H16N4O2/c1-19-12-4-5-17-8-11(12)18-15(19)9-6-13(20-2)14(21-3)7-10(9)16/h4-8H,16H2,1-3H3. The molecule has 6 heteroatoms. The van der Waals surface area contributed by atoms with Gasteiger partial charge in [-0.1, -0.05) is 0 Å². The van der Waals surface area contributed by atoms with Crippen molar-refractivity contribution >= 4 is 16.7 Å². The van der Waals surface area contributed by atoms with Gasteiger partial charge >= 0.3 is 0 Å². The number of nitrogens with two attached hydrogens (primary N) is 1. The maximum Gasteiger partial charge on any atom is 0.162 e. The van der Waals surface area contributed by atoms with E-state index < -0.39 is 0 Å². The molecule has 6 nitrogen and oxygen atoms in total. The third-order valence-corrected chi connectivity index (χ3v) is 3.48. The molecule has 2 N–H and O–H groups in total. The van der Waals surface area contributed by atoms with Crippen molar-refractivity contribution in [2.75, 3.05) is 20.0 Å². The number of nitrogens with zero attached hydrogens (tertiary/aromatic N) is 3. The lowest BCUT2D eigenvalue weighted by atomic mass is 10.1. The average molecular weight is 284 g/mol. The van der Waals surface area contributed by atoms with Crippen LogP contribution in [0, 0.1) is 0 Å². The average Bonchev–Trinajstić information content (AvgIpc) is 2.84. The summed E-state index contributed by atoms with van der Waals surface area (Å²) in [6.07, 6.45) is 3.47. The minimum Gasteiger partial charge on any atom is -0.493 e. The van der Waals surface area contributed by atoms with Crippen molar-refractivity contribution in [3.8, 4) is 22.9 Å². The summed E-state index contributed by atoms with van der Waals surface area (Å²) in [4.78, 5) is 8.69. The van der Waals surface area contributed by atoms with E-state index in [-0.39, 0.29) is 0 Å². The Kier molecular flexibility index (Phi) is 3.13. The Morgan fingerprint density at radius 2 is 1.86 bits per heavy atom. The van der Waals surface area contributed by atoms with E-state index in [4.69, 9.17) is 15.2 Å². The second kappa shape index (κ2) is 4.97. The number of nitrogen functional groups attached to an aromatic ring is 1. The lowest BCUT2D eigenvalue weighted by Crippen LogP contribution is -1.99. The van der Waals surface area contributed by atoms with Gasteiger partial charge in [-0.2, -0.15) is 0 Å². The van der Waals surface area contributed by atoms with Crippen LogP contribution in [-0.2, 0) is 7.05 Å². The fraction of sp³-hybridized carbons (Fsp3) is 0.200. The van der Waals surface area contributed by atoms with Gasteiger partial charge in [0.15, 0.2) is 11.5 Å². The molecule has 1 aromatic carbocycles. The van der Waals surface area contributed by atoms with Crippen LogP contribution in [0.25, 0.3) is 22.4 Å². The van der Waals surface area contributed by atoms with Crippen LogP contribution < -0.4 is 15.2 Å². The molecule has 0 saturated heterocycles. The Morgan fingerprint density at radius 3 is 2.52 bits per heavy atom. The zero-order valence-corrected chi connectivity index (χ0v) is 12.1. The monoisotopic (exact) mass is 284 g/mol. The van der Waals surface area contributed by atoms with E-state index in [2.05, 4.69) is 9.97 Å². The van der Waals surface area contributed by atoms with Gasteiger partial charge in [-0.25, -0.2) is 4.98 Å². The van der Waals surface area contributed by atoms with Crippen LogP contribution >= 0.6 is 0 Å². The van der Waals surface area contributed by atoms with Crippen molar-refractivity contribution in [1.29, 1.82) is 0 Å². The number of fused-ring (bicyclic) bond motifs is 1. The van der Waals surface area contributed by atoms with Crippen LogP contribution in [0.4, 0.5) is 5.69 Å². The molecular weight excluding hydrogens is 268 g/mol. The van der Waals surface area contributed by atoms with Crippen molar-refractivity contribution in [3.05, 3.63) is 30.6 Å². The molecule has 0 unspecified atom stereocenters. The Balaban J connectivity index is 2.25. The van der Waals surface area contributed by atoms with Crippen LogP contribution in [-0.4, -0.2) is 28.8 Å². The van der Waals surface area contributed by atoms with Crippen molar-refractivity contribution in [1.82, 2.24) is 14.5 Å². The first-order chi connectivity index (χ1) is 10.2. The van der Waals surface area contributed by atoms with Crippen molar-refractivity contribution in [2.45, 2.75) is 0 Å². The molecule has 0 spiro atoms. The molecule has 2 heterocycles. The Bertz CT molecular complexity index is 811. The summed E-state index contributed by atoms with van der Waals surface area (Å²) < 4.78 is 12.6. The molecule has 0 saturated carbocycles. The first kappa shape index (κ1) is 13.2. The van der Waals surface area contributed by atoms with Gasteiger partial charge in [-0.15, -0.1) is 0 Å². The molecule has 2 aromatic heterocycles. The molecule has 0 aliphatic heterocycles. The summed E-state index contributed by atoms with van der Waals surface area (Å²) in [6, 6.07) is 5.50. The maximum atomic E-state index is 6.14. The number of hydrogen-bond acceptors (Lipinski definition) is 5. The summed E-state index contributed by atoms with van der Waals surface area (Å²) in [7, 11) is 5.12. The van der Waals surface area contributed by atoms with E-state index in [0.29, 0.717) is 17.2 Å². The number of hydrogen-bond donors (Lipinski definition) is 1. The predicted octanol–water partition coefficient (Wildman–Crippen LogP) is 2.23. The van der Waals surface area contributed by atoms with Crippen molar-refractivity contribution in [3.63, 3.8) is 0 Å². The number of ether oxygens (including phenoxy) is 2. The first-order valence-electron chi connectivity index (χ1n) is 6.44. The summed E-state index contributed by atoms with van der Waals surface area (Å²) >= 11 is 0. The van der Waals surface area contributed by atoms with E-state index in [1.165, 1.54) is 0 Å². The van der Waals surface area contributed by atoms with E-state index >= 15 is 0 Å². The number of aryl methyl sites for hydroxylation is 1. The number of methoxy groups -OCH3 is 2. The van der Waals surface area contributed by atoms with Gasteiger partial charge in [-0.05, 0) is 12.1 Å². The van der Waals surface area contributed by atoms with E-state index in [1.807, 2.05) is 23.7 Å². The number of aromatic nitrogens is 3. The van der Waals surface area contributed by atoms with Crippen LogP contribution in [0.3, 0.4) is 0 Å². The third-order valence-electron chi connectivity index (χ3n) is 3.48. The molecule has 0 aliphatic carbocycles. The van der Waals surface area contributed by atoms with Gasteiger partial charge in [0, 0.05) is 30.6 Å². The largest absolute Gasteiger partial charge is 0.493 e. The molecule has 0 amide bonds. The first-order valence-corrected chi connectivity index (χ1v) is 6.44. The van der Waals surface area contributed by atoms with Gasteiger partial charge in [0.1, 0.15) is 11.3 Å². The zero-order valence-electron chi connectivity index (χ0n) is 12.1. The lowest BCUT2D eigenvalue weighted by Gasteiger charge is -2.12. The highest BCUT2D eigenvalue weighted by molar-refractivity contribution is 5.84.